The van der Waals surface area contributed by atoms with E-state index in [1.807, 2.05) is 0 Å². The van der Waals surface area contributed by atoms with Crippen LogP contribution in [-0.2, 0) is 4.74 Å². The minimum absolute atomic E-state index is 0.0790. The second kappa shape index (κ2) is 7.88. The monoisotopic (exact) mass is 268 g/mol. The first-order chi connectivity index (χ1) is 9.29. The third-order valence-electron chi connectivity index (χ3n) is 4.18. The topological polar surface area (TPSA) is 44.7 Å². The fourth-order valence-corrected chi connectivity index (χ4v) is 3.00. The minimum Gasteiger partial charge on any atom is -0.491 e. The highest BCUT2D eigenvalue weighted by Crippen LogP contribution is 2.21. The van der Waals surface area contributed by atoms with Crippen molar-refractivity contribution in [1.29, 1.82) is 0 Å². The van der Waals surface area contributed by atoms with Crippen LogP contribution < -0.4 is 5.32 Å². The zero-order chi connectivity index (χ0) is 13.5. The Kier molecular flexibility index (Phi) is 6.14. The van der Waals surface area contributed by atoms with Crippen molar-refractivity contribution in [2.75, 3.05) is 39.3 Å². The smallest absolute Gasteiger partial charge is 0.134 e. The summed E-state index contributed by atoms with van der Waals surface area (Å²) in [6.07, 6.45) is 6.09. The zero-order valence-electron chi connectivity index (χ0n) is 11.9. The molecule has 0 amide bonds. The second-order valence-corrected chi connectivity index (χ2v) is 5.79. The number of aliphatic hydroxyl groups is 1. The van der Waals surface area contributed by atoms with E-state index < -0.39 is 0 Å². The highest BCUT2D eigenvalue weighted by atomic mass is 16.5. The molecular formula is C15H28N2O2. The lowest BCUT2D eigenvalue weighted by Crippen LogP contribution is -2.40. The highest BCUT2D eigenvalue weighted by molar-refractivity contribution is 4.95. The molecule has 2 unspecified atom stereocenters. The first-order valence-corrected chi connectivity index (χ1v) is 7.69. The van der Waals surface area contributed by atoms with Crippen molar-refractivity contribution in [1.82, 2.24) is 10.2 Å². The molecule has 2 saturated heterocycles. The maximum absolute atomic E-state index is 9.50. The van der Waals surface area contributed by atoms with Gasteiger partial charge in [-0.15, -0.1) is 0 Å². The summed E-state index contributed by atoms with van der Waals surface area (Å²) in [6.45, 7) is 9.31. The average molecular weight is 268 g/mol. The Morgan fingerprint density at radius 2 is 2.11 bits per heavy atom. The number of ether oxygens (including phenoxy) is 1. The molecule has 19 heavy (non-hydrogen) atoms. The molecule has 0 aromatic rings. The molecular weight excluding hydrogens is 240 g/mol. The van der Waals surface area contributed by atoms with Crippen molar-refractivity contribution in [3.05, 3.63) is 12.3 Å². The maximum atomic E-state index is 9.50. The molecule has 0 saturated carbocycles. The summed E-state index contributed by atoms with van der Waals surface area (Å²) in [5.74, 6) is 1.26. The van der Waals surface area contributed by atoms with Gasteiger partial charge in [0.25, 0.3) is 0 Å². The van der Waals surface area contributed by atoms with E-state index in [9.17, 15) is 5.11 Å². The molecule has 0 aromatic carbocycles. The van der Waals surface area contributed by atoms with Crippen LogP contribution in [0.25, 0.3) is 0 Å². The highest BCUT2D eigenvalue weighted by Gasteiger charge is 2.22. The molecule has 0 aliphatic carbocycles. The number of hydrogen-bond donors (Lipinski definition) is 2. The Morgan fingerprint density at radius 1 is 1.32 bits per heavy atom. The van der Waals surface area contributed by atoms with Gasteiger partial charge in [-0.25, -0.2) is 0 Å². The van der Waals surface area contributed by atoms with E-state index in [0.29, 0.717) is 5.92 Å². The summed E-state index contributed by atoms with van der Waals surface area (Å²) < 4.78 is 5.92. The normalized spacial score (nSPS) is 26.9. The molecule has 4 nitrogen and oxygen atoms in total. The molecule has 110 valence electrons. The number of likely N-dealkylation sites (tertiary alicyclic amines) is 1. The molecule has 2 atom stereocenters. The molecule has 0 aromatic heterocycles. The Balaban J connectivity index is 1.75. The molecule has 2 aliphatic rings. The molecule has 2 aliphatic heterocycles. The van der Waals surface area contributed by atoms with Gasteiger partial charge in [0.15, 0.2) is 0 Å². The van der Waals surface area contributed by atoms with Crippen LogP contribution >= 0.6 is 0 Å². The first kappa shape index (κ1) is 14.8. The third kappa shape index (κ3) is 4.79. The van der Waals surface area contributed by atoms with Gasteiger partial charge in [0.05, 0.1) is 12.4 Å². The van der Waals surface area contributed by atoms with E-state index in [1.54, 1.807) is 0 Å². The lowest BCUT2D eigenvalue weighted by Gasteiger charge is -2.32. The van der Waals surface area contributed by atoms with Crippen molar-refractivity contribution < 1.29 is 9.84 Å². The van der Waals surface area contributed by atoms with Crippen molar-refractivity contribution in [2.24, 2.45) is 5.92 Å². The number of hydrogen-bond acceptors (Lipinski definition) is 4. The van der Waals surface area contributed by atoms with Crippen molar-refractivity contribution in [2.45, 2.75) is 38.2 Å². The van der Waals surface area contributed by atoms with E-state index in [-0.39, 0.29) is 12.7 Å². The maximum Gasteiger partial charge on any atom is 0.134 e. The Labute approximate surface area is 116 Å². The Morgan fingerprint density at radius 3 is 2.74 bits per heavy atom. The fraction of sp³-hybridized carbons (Fsp3) is 0.867. The Hall–Kier alpha value is -0.580. The van der Waals surface area contributed by atoms with E-state index in [4.69, 9.17) is 4.74 Å². The quantitative estimate of drug-likeness (QED) is 0.714. The van der Waals surface area contributed by atoms with E-state index in [2.05, 4.69) is 16.8 Å². The second-order valence-electron chi connectivity index (χ2n) is 5.79. The first-order valence-electron chi connectivity index (χ1n) is 7.69. The minimum atomic E-state index is -0.118. The van der Waals surface area contributed by atoms with Gasteiger partial charge < -0.3 is 15.2 Å². The number of nitrogens with zero attached hydrogens (tertiary/aromatic N) is 1. The van der Waals surface area contributed by atoms with E-state index >= 15 is 0 Å². The van der Waals surface area contributed by atoms with Crippen LogP contribution in [0.1, 0.15) is 32.1 Å². The van der Waals surface area contributed by atoms with Gasteiger partial charge in [-0.1, -0.05) is 13.0 Å². The average Bonchev–Trinajstić information content (AvgIpc) is 2.48. The van der Waals surface area contributed by atoms with Gasteiger partial charge in [0, 0.05) is 19.0 Å². The lowest BCUT2D eigenvalue weighted by atomic mass is 9.98. The largest absolute Gasteiger partial charge is 0.491 e. The predicted molar refractivity (Wildman–Crippen MR) is 77.0 cm³/mol. The van der Waals surface area contributed by atoms with Crippen molar-refractivity contribution in [3.8, 4) is 0 Å². The summed E-state index contributed by atoms with van der Waals surface area (Å²) in [5, 5.41) is 12.9. The molecule has 4 heteroatoms. The van der Waals surface area contributed by atoms with Gasteiger partial charge >= 0.3 is 0 Å². The number of nitrogens with one attached hydrogen (secondary N) is 1. The van der Waals surface area contributed by atoms with Crippen LogP contribution in [-0.4, -0.2) is 55.4 Å². The standard InChI is InChI=1S/C15H28N2O2/c1-13(14-6-5-7-16-10-14)19-15(12-18)11-17-8-3-2-4-9-17/h14-16,18H,1-12H2. The third-order valence-corrected chi connectivity index (χ3v) is 4.18. The van der Waals surface area contributed by atoms with Gasteiger partial charge in [-0.05, 0) is 45.3 Å². The van der Waals surface area contributed by atoms with Gasteiger partial charge in [0.1, 0.15) is 6.10 Å². The van der Waals surface area contributed by atoms with Crippen LogP contribution in [0.3, 0.4) is 0 Å². The van der Waals surface area contributed by atoms with Crippen molar-refractivity contribution >= 4 is 0 Å². The number of piperidine rings is 2. The molecule has 2 rings (SSSR count). The summed E-state index contributed by atoms with van der Waals surface area (Å²) in [5.41, 5.74) is 0. The molecule has 0 spiro atoms. The molecule has 0 bridgehead atoms. The fourth-order valence-electron chi connectivity index (χ4n) is 3.00. The summed E-state index contributed by atoms with van der Waals surface area (Å²) in [4.78, 5) is 2.40. The number of rotatable bonds is 6. The molecule has 2 fully saturated rings. The predicted octanol–water partition coefficient (Wildman–Crippen LogP) is 1.36. The SMILES string of the molecule is C=C(OC(CO)CN1CCCCC1)C1CCCNC1. The van der Waals surface area contributed by atoms with Gasteiger partial charge in [-0.3, -0.25) is 4.90 Å². The number of aliphatic hydroxyl groups excluding tert-OH is 1. The van der Waals surface area contributed by atoms with Gasteiger partial charge in [0.2, 0.25) is 0 Å². The summed E-state index contributed by atoms with van der Waals surface area (Å²) in [6, 6.07) is 0. The molecule has 2 heterocycles. The van der Waals surface area contributed by atoms with E-state index in [1.165, 1.54) is 25.7 Å². The van der Waals surface area contributed by atoms with Crippen LogP contribution in [0.4, 0.5) is 0 Å². The van der Waals surface area contributed by atoms with Gasteiger partial charge in [-0.2, -0.15) is 0 Å². The van der Waals surface area contributed by atoms with E-state index in [0.717, 1.165) is 44.9 Å². The van der Waals surface area contributed by atoms with Crippen LogP contribution in [0.2, 0.25) is 0 Å². The summed E-state index contributed by atoms with van der Waals surface area (Å²) >= 11 is 0. The molecule has 0 radical (unpaired) electrons. The Bertz CT molecular complexity index is 271. The summed E-state index contributed by atoms with van der Waals surface area (Å²) in [7, 11) is 0. The zero-order valence-corrected chi connectivity index (χ0v) is 11.9. The van der Waals surface area contributed by atoms with Crippen LogP contribution in [0.5, 0.6) is 0 Å². The van der Waals surface area contributed by atoms with Crippen LogP contribution in [0.15, 0.2) is 12.3 Å². The van der Waals surface area contributed by atoms with Crippen LogP contribution in [0, 0.1) is 5.92 Å². The lowest BCUT2D eigenvalue weighted by molar-refractivity contribution is 0.0135. The van der Waals surface area contributed by atoms with Crippen molar-refractivity contribution in [3.63, 3.8) is 0 Å². The molecule has 2 N–H and O–H groups in total.